The monoisotopic (exact) mass is 578 g/mol. The fourth-order valence-corrected chi connectivity index (χ4v) is 5.21. The van der Waals surface area contributed by atoms with Crippen LogP contribution in [0.25, 0.3) is 0 Å². The van der Waals surface area contributed by atoms with Crippen molar-refractivity contribution < 1.29 is 19.2 Å². The topological polar surface area (TPSA) is 98.8 Å². The summed E-state index contributed by atoms with van der Waals surface area (Å²) in [5, 5.41) is 7.67. The van der Waals surface area contributed by atoms with E-state index in [0.29, 0.717) is 47.4 Å². The van der Waals surface area contributed by atoms with Crippen LogP contribution in [0.5, 0.6) is 0 Å². The molecule has 3 aromatic carbocycles. The third kappa shape index (κ3) is 6.26. The SMILES string of the molecule is O=C1C[C@@H](NCCc2ccc(Cl)cc2)C(=O)N1c1ccc(N2C(=O)C[C@@H](NCCc3ccc(Cl)cc3)C2=O)cc1. The third-order valence-corrected chi connectivity index (χ3v) is 7.60. The molecule has 5 rings (SSSR count). The van der Waals surface area contributed by atoms with E-state index in [0.717, 1.165) is 20.9 Å². The average Bonchev–Trinajstić information content (AvgIpc) is 3.39. The Morgan fingerprint density at radius 2 is 0.925 bits per heavy atom. The molecular formula is C30H28Cl2N4O4. The molecule has 0 aromatic heterocycles. The number of hydrogen-bond donors (Lipinski definition) is 2. The van der Waals surface area contributed by atoms with Crippen molar-refractivity contribution in [3.05, 3.63) is 94.0 Å². The van der Waals surface area contributed by atoms with E-state index in [9.17, 15) is 19.2 Å². The van der Waals surface area contributed by atoms with Gasteiger partial charge in [0, 0.05) is 10.0 Å². The van der Waals surface area contributed by atoms with Crippen LogP contribution in [-0.2, 0) is 32.0 Å². The van der Waals surface area contributed by atoms with Crippen LogP contribution in [-0.4, -0.2) is 48.8 Å². The Balaban J connectivity index is 1.16. The molecule has 0 spiro atoms. The lowest BCUT2D eigenvalue weighted by Crippen LogP contribution is -2.40. The minimum atomic E-state index is -0.610. The maximum Gasteiger partial charge on any atom is 0.251 e. The number of benzene rings is 3. The van der Waals surface area contributed by atoms with Crippen LogP contribution < -0.4 is 20.4 Å². The number of nitrogens with one attached hydrogen (secondary N) is 2. The van der Waals surface area contributed by atoms with E-state index in [2.05, 4.69) is 10.6 Å². The molecule has 206 valence electrons. The van der Waals surface area contributed by atoms with Gasteiger partial charge in [-0.1, -0.05) is 47.5 Å². The van der Waals surface area contributed by atoms with E-state index < -0.39 is 12.1 Å². The van der Waals surface area contributed by atoms with E-state index in [-0.39, 0.29) is 36.5 Å². The largest absolute Gasteiger partial charge is 0.305 e. The minimum Gasteiger partial charge on any atom is -0.305 e. The van der Waals surface area contributed by atoms with Crippen molar-refractivity contribution in [2.24, 2.45) is 0 Å². The lowest BCUT2D eigenvalue weighted by molar-refractivity contribution is -0.123. The van der Waals surface area contributed by atoms with Gasteiger partial charge in [-0.2, -0.15) is 0 Å². The van der Waals surface area contributed by atoms with Gasteiger partial charge >= 0.3 is 0 Å². The molecule has 2 aliphatic rings. The van der Waals surface area contributed by atoms with Crippen LogP contribution in [0, 0.1) is 0 Å². The van der Waals surface area contributed by atoms with Crippen molar-refractivity contribution in [2.45, 2.75) is 37.8 Å². The van der Waals surface area contributed by atoms with Crippen LogP contribution in [0.15, 0.2) is 72.8 Å². The number of nitrogens with zero attached hydrogens (tertiary/aromatic N) is 2. The molecule has 0 bridgehead atoms. The Bertz CT molecular complexity index is 1300. The van der Waals surface area contributed by atoms with Crippen LogP contribution >= 0.6 is 23.2 Å². The summed E-state index contributed by atoms with van der Waals surface area (Å²) in [6.45, 7) is 1.07. The van der Waals surface area contributed by atoms with Gasteiger partial charge < -0.3 is 10.6 Å². The second kappa shape index (κ2) is 12.3. The molecule has 2 heterocycles. The highest BCUT2D eigenvalue weighted by atomic mass is 35.5. The summed E-state index contributed by atoms with van der Waals surface area (Å²) in [7, 11) is 0. The molecule has 3 aromatic rings. The van der Waals surface area contributed by atoms with Gasteiger partial charge in [-0.15, -0.1) is 0 Å². The van der Waals surface area contributed by atoms with E-state index in [1.165, 1.54) is 0 Å². The van der Waals surface area contributed by atoms with Crippen LogP contribution in [0.2, 0.25) is 10.0 Å². The average molecular weight is 579 g/mol. The zero-order valence-corrected chi connectivity index (χ0v) is 23.1. The number of rotatable bonds is 10. The van der Waals surface area contributed by atoms with Gasteiger partial charge in [0.1, 0.15) is 0 Å². The maximum atomic E-state index is 13.0. The molecule has 2 fully saturated rings. The van der Waals surface area contributed by atoms with Gasteiger partial charge in [-0.05, 0) is 85.6 Å². The number of anilines is 2. The van der Waals surface area contributed by atoms with E-state index in [1.54, 1.807) is 24.3 Å². The van der Waals surface area contributed by atoms with Gasteiger partial charge in [-0.3, -0.25) is 19.2 Å². The highest BCUT2D eigenvalue weighted by molar-refractivity contribution is 6.30. The van der Waals surface area contributed by atoms with Crippen molar-refractivity contribution in [3.8, 4) is 0 Å². The minimum absolute atomic E-state index is 0.0632. The predicted octanol–water partition coefficient (Wildman–Crippen LogP) is 3.92. The molecule has 0 saturated carbocycles. The summed E-state index contributed by atoms with van der Waals surface area (Å²) in [6, 6.07) is 20.1. The second-order valence-electron chi connectivity index (χ2n) is 9.83. The molecular weight excluding hydrogens is 551 g/mol. The Kier molecular flexibility index (Phi) is 8.61. The summed E-state index contributed by atoms with van der Waals surface area (Å²) in [5.41, 5.74) is 2.95. The standard InChI is InChI=1S/C30H28Cl2N4O4/c31-21-5-1-19(2-6-21)13-15-33-25-17-27(37)35(29(25)39)23-9-11-24(12-10-23)36-28(38)18-26(30(36)40)34-16-14-20-3-7-22(32)8-4-20/h1-12,25-26,33-34H,13-18H2/t25-,26-/m1/s1. The van der Waals surface area contributed by atoms with Crippen molar-refractivity contribution in [2.75, 3.05) is 22.9 Å². The van der Waals surface area contributed by atoms with Crippen molar-refractivity contribution in [1.29, 1.82) is 0 Å². The zero-order valence-electron chi connectivity index (χ0n) is 21.6. The number of carbonyl (C=O) groups excluding carboxylic acids is 4. The van der Waals surface area contributed by atoms with Gasteiger partial charge in [0.2, 0.25) is 11.8 Å². The quantitative estimate of drug-likeness (QED) is 0.354. The van der Waals surface area contributed by atoms with Crippen LogP contribution in [0.4, 0.5) is 11.4 Å². The molecule has 8 nitrogen and oxygen atoms in total. The first kappa shape index (κ1) is 28.0. The molecule has 2 saturated heterocycles. The van der Waals surface area contributed by atoms with Crippen molar-refractivity contribution in [3.63, 3.8) is 0 Å². The number of halogens is 2. The summed E-state index contributed by atoms with van der Waals surface area (Å²) in [6.07, 6.45) is 1.51. The molecule has 2 N–H and O–H groups in total. The van der Waals surface area contributed by atoms with E-state index >= 15 is 0 Å². The van der Waals surface area contributed by atoms with Crippen LogP contribution in [0.1, 0.15) is 24.0 Å². The maximum absolute atomic E-state index is 13.0. The highest BCUT2D eigenvalue weighted by Gasteiger charge is 2.41. The first-order chi connectivity index (χ1) is 19.3. The molecule has 2 aliphatic heterocycles. The highest BCUT2D eigenvalue weighted by Crippen LogP contribution is 2.28. The molecule has 0 unspecified atom stereocenters. The molecule has 0 aliphatic carbocycles. The fraction of sp³-hybridized carbons (Fsp3) is 0.267. The van der Waals surface area contributed by atoms with Crippen molar-refractivity contribution in [1.82, 2.24) is 10.6 Å². The Labute approximate surface area is 242 Å². The van der Waals surface area contributed by atoms with Gasteiger partial charge in [-0.25, -0.2) is 9.80 Å². The van der Waals surface area contributed by atoms with E-state index in [4.69, 9.17) is 23.2 Å². The van der Waals surface area contributed by atoms with E-state index in [1.807, 2.05) is 48.5 Å². The van der Waals surface area contributed by atoms with Gasteiger partial charge in [0.15, 0.2) is 0 Å². The second-order valence-corrected chi connectivity index (χ2v) is 10.7. The molecule has 4 amide bonds. The lowest BCUT2D eigenvalue weighted by Gasteiger charge is -2.19. The Morgan fingerprint density at radius 1 is 0.575 bits per heavy atom. The summed E-state index contributed by atoms with van der Waals surface area (Å²) in [5.74, 6) is -1.26. The molecule has 10 heteroatoms. The summed E-state index contributed by atoms with van der Waals surface area (Å²) >= 11 is 11.8. The third-order valence-electron chi connectivity index (χ3n) is 7.09. The van der Waals surface area contributed by atoms with Crippen LogP contribution in [0.3, 0.4) is 0 Å². The molecule has 0 radical (unpaired) electrons. The molecule has 2 atom stereocenters. The number of imide groups is 2. The van der Waals surface area contributed by atoms with Crippen molar-refractivity contribution >= 4 is 58.2 Å². The predicted molar refractivity (Wildman–Crippen MR) is 155 cm³/mol. The number of carbonyl (C=O) groups is 4. The molecule has 40 heavy (non-hydrogen) atoms. The summed E-state index contributed by atoms with van der Waals surface area (Å²) in [4.78, 5) is 53.7. The Hall–Kier alpha value is -3.56. The normalized spacial score (nSPS) is 19.2. The smallest absolute Gasteiger partial charge is 0.251 e. The van der Waals surface area contributed by atoms with Gasteiger partial charge in [0.05, 0.1) is 36.3 Å². The summed E-state index contributed by atoms with van der Waals surface area (Å²) < 4.78 is 0. The fourth-order valence-electron chi connectivity index (χ4n) is 4.96. The lowest BCUT2D eigenvalue weighted by atomic mass is 10.1. The Morgan fingerprint density at radius 3 is 1.27 bits per heavy atom. The zero-order chi connectivity index (χ0) is 28.2. The van der Waals surface area contributed by atoms with Gasteiger partial charge in [0.25, 0.3) is 11.8 Å². The number of hydrogen-bond acceptors (Lipinski definition) is 6. The first-order valence-corrected chi connectivity index (χ1v) is 13.8. The first-order valence-electron chi connectivity index (χ1n) is 13.1. The number of amides is 4.